The number of carbonyl (C=O) groups is 1. The predicted octanol–water partition coefficient (Wildman–Crippen LogP) is 12.0. The van der Waals surface area contributed by atoms with Crippen molar-refractivity contribution in [2.45, 2.75) is 183 Å². The molecule has 1 N–H and O–H groups in total. The number of alkyl carbamates (subject to hydrolysis) is 1. The van der Waals surface area contributed by atoms with E-state index >= 15 is 0 Å². The summed E-state index contributed by atoms with van der Waals surface area (Å²) < 4.78 is 20.5. The molecule has 5 unspecified atom stereocenters. The van der Waals surface area contributed by atoms with Crippen LogP contribution in [0.15, 0.2) is 11.6 Å². The highest BCUT2D eigenvalue weighted by molar-refractivity contribution is 7.44. The van der Waals surface area contributed by atoms with E-state index in [-0.39, 0.29) is 17.6 Å². The van der Waals surface area contributed by atoms with Crippen LogP contribution in [0.25, 0.3) is 0 Å². The van der Waals surface area contributed by atoms with Crippen LogP contribution in [0.4, 0.5) is 4.79 Å². The monoisotopic (exact) mass is 730 g/mol. The number of carbonyl (C=O) groups excluding carboxylic acids is 1. The maximum absolute atomic E-state index is 12.8. The lowest BCUT2D eigenvalue weighted by Crippen LogP contribution is -2.51. The standard InChI is InChI=1S/C43H76N3O4P/c1-31(2)16-14-17-34(7)38-20-21-39-37-19-18-35-30-36(22-24-42(35,8)40(37)23-25-43(38,39)9)50-41(47)45-27-12-10-11-13-28-48-51(49-29-15-26-44)46(32(3)4)33(5)6/h18,31-34,36-40H,10-17,19-25,27-30H2,1-9H3,(H,45,47)/t34-,36?,37?,38-,39?,40?,42+,43-,51?/m1/s1. The van der Waals surface area contributed by atoms with Crippen molar-refractivity contribution < 1.29 is 18.6 Å². The number of nitrogens with zero attached hydrogens (tertiary/aromatic N) is 2. The molecule has 0 aliphatic heterocycles. The second-order valence-corrected chi connectivity index (χ2v) is 19.7. The molecule has 1 amide bonds. The molecule has 0 saturated heterocycles. The SMILES string of the molecule is CC(C)CCC[C@@H](C)[C@H]1CCC2C3CC=C4CC(OC(=O)NCCCCCCOP(OCCC#N)N(C(C)C)C(C)C)CC[C@]4(C)C3CC[C@@]21C. The Balaban J connectivity index is 1.16. The zero-order chi connectivity index (χ0) is 37.2. The predicted molar refractivity (Wildman–Crippen MR) is 211 cm³/mol. The van der Waals surface area contributed by atoms with Gasteiger partial charge in [-0.15, -0.1) is 0 Å². The highest BCUT2D eigenvalue weighted by atomic mass is 31.2. The first kappa shape index (κ1) is 42.6. The van der Waals surface area contributed by atoms with Gasteiger partial charge in [0.25, 0.3) is 8.53 Å². The third-order valence-corrected chi connectivity index (χ3v) is 15.8. The normalized spacial score (nSPS) is 31.5. The maximum Gasteiger partial charge on any atom is 0.407 e. The van der Waals surface area contributed by atoms with Gasteiger partial charge in [0.15, 0.2) is 0 Å². The molecule has 0 aromatic carbocycles. The van der Waals surface area contributed by atoms with Crippen LogP contribution in [0, 0.1) is 57.7 Å². The molecule has 0 spiro atoms. The van der Waals surface area contributed by atoms with E-state index in [1.165, 1.54) is 51.4 Å². The van der Waals surface area contributed by atoms with E-state index in [0.717, 1.165) is 80.5 Å². The molecule has 4 aliphatic rings. The van der Waals surface area contributed by atoms with Crippen molar-refractivity contribution in [2.75, 3.05) is 19.8 Å². The maximum atomic E-state index is 12.8. The molecule has 0 bridgehead atoms. The Morgan fingerprint density at radius 3 is 2.35 bits per heavy atom. The smallest absolute Gasteiger partial charge is 0.407 e. The minimum Gasteiger partial charge on any atom is -0.446 e. The van der Waals surface area contributed by atoms with Gasteiger partial charge < -0.3 is 19.1 Å². The van der Waals surface area contributed by atoms with Crippen LogP contribution >= 0.6 is 8.53 Å². The zero-order valence-corrected chi connectivity index (χ0v) is 35.1. The van der Waals surface area contributed by atoms with E-state index < -0.39 is 8.53 Å². The first-order valence-electron chi connectivity index (χ1n) is 21.2. The van der Waals surface area contributed by atoms with Gasteiger partial charge in [-0.1, -0.05) is 78.4 Å². The summed E-state index contributed by atoms with van der Waals surface area (Å²) in [6, 6.07) is 2.77. The third-order valence-electron chi connectivity index (χ3n) is 13.7. The van der Waals surface area contributed by atoms with E-state index in [1.54, 1.807) is 5.57 Å². The molecule has 0 aromatic rings. The lowest BCUT2D eigenvalue weighted by atomic mass is 9.47. The average Bonchev–Trinajstić information content (AvgIpc) is 3.43. The second-order valence-electron chi connectivity index (χ2n) is 18.3. The van der Waals surface area contributed by atoms with E-state index in [0.29, 0.717) is 43.7 Å². The van der Waals surface area contributed by atoms with Crippen molar-refractivity contribution in [3.05, 3.63) is 11.6 Å². The number of rotatable bonds is 20. The Labute approximate surface area is 314 Å². The summed E-state index contributed by atoms with van der Waals surface area (Å²) >= 11 is 0. The highest BCUT2D eigenvalue weighted by Gasteiger charge is 2.59. The molecule has 0 radical (unpaired) electrons. The quantitative estimate of drug-likeness (QED) is 0.0763. The summed E-state index contributed by atoms with van der Waals surface area (Å²) in [4.78, 5) is 12.8. The summed E-state index contributed by atoms with van der Waals surface area (Å²) in [5.41, 5.74) is 2.38. The molecular weight excluding hydrogens is 653 g/mol. The number of nitrogens with one attached hydrogen (secondary N) is 1. The van der Waals surface area contributed by atoms with Crippen LogP contribution in [0.1, 0.15) is 165 Å². The van der Waals surface area contributed by atoms with Crippen molar-refractivity contribution in [3.8, 4) is 6.07 Å². The Morgan fingerprint density at radius 2 is 1.65 bits per heavy atom. The van der Waals surface area contributed by atoms with Crippen LogP contribution in [0.5, 0.6) is 0 Å². The lowest BCUT2D eigenvalue weighted by molar-refractivity contribution is -0.0581. The van der Waals surface area contributed by atoms with E-state index in [4.69, 9.17) is 19.0 Å². The van der Waals surface area contributed by atoms with Gasteiger partial charge in [0, 0.05) is 25.0 Å². The lowest BCUT2D eigenvalue weighted by Gasteiger charge is -2.58. The minimum absolute atomic E-state index is 0.00376. The fourth-order valence-corrected chi connectivity index (χ4v) is 12.8. The number of allylic oxidation sites excluding steroid dienone is 1. The first-order valence-corrected chi connectivity index (χ1v) is 22.3. The Bertz CT molecular complexity index is 1150. The summed E-state index contributed by atoms with van der Waals surface area (Å²) in [7, 11) is -1.18. The van der Waals surface area contributed by atoms with Crippen LogP contribution in [0.2, 0.25) is 0 Å². The number of unbranched alkanes of at least 4 members (excludes halogenated alkanes) is 3. The summed E-state index contributed by atoms with van der Waals surface area (Å²) in [6.07, 6.45) is 20.8. The average molecular weight is 730 g/mol. The molecule has 8 heteroatoms. The van der Waals surface area contributed by atoms with Crippen LogP contribution in [-0.2, 0) is 13.8 Å². The van der Waals surface area contributed by atoms with Gasteiger partial charge in [-0.2, -0.15) is 5.26 Å². The zero-order valence-electron chi connectivity index (χ0n) is 34.2. The second kappa shape index (κ2) is 19.9. The molecular formula is C43H76N3O4P. The van der Waals surface area contributed by atoms with Crippen molar-refractivity contribution >= 4 is 14.6 Å². The molecule has 51 heavy (non-hydrogen) atoms. The van der Waals surface area contributed by atoms with Crippen molar-refractivity contribution in [1.29, 1.82) is 5.26 Å². The first-order chi connectivity index (χ1) is 24.3. The fourth-order valence-electron chi connectivity index (χ4n) is 11.2. The topological polar surface area (TPSA) is 83.8 Å². The van der Waals surface area contributed by atoms with Crippen LogP contribution in [0.3, 0.4) is 0 Å². The summed E-state index contributed by atoms with van der Waals surface area (Å²) in [5, 5.41) is 11.9. The van der Waals surface area contributed by atoms with Crippen LogP contribution in [-0.4, -0.2) is 48.7 Å². The molecule has 3 fully saturated rings. The van der Waals surface area contributed by atoms with Gasteiger partial charge >= 0.3 is 6.09 Å². The Kier molecular flexibility index (Phi) is 16.6. The van der Waals surface area contributed by atoms with E-state index in [1.807, 2.05) is 0 Å². The van der Waals surface area contributed by atoms with Gasteiger partial charge in [0.05, 0.1) is 25.7 Å². The molecule has 292 valence electrons. The molecule has 0 heterocycles. The Hall–Kier alpha value is -1.19. The van der Waals surface area contributed by atoms with Crippen molar-refractivity contribution in [2.24, 2.45) is 46.3 Å². The van der Waals surface area contributed by atoms with Gasteiger partial charge in [-0.25, -0.2) is 9.46 Å². The number of amides is 1. The van der Waals surface area contributed by atoms with E-state index in [2.05, 4.69) is 84.4 Å². The number of fused-ring (bicyclic) bond motifs is 5. The van der Waals surface area contributed by atoms with E-state index in [9.17, 15) is 4.79 Å². The highest BCUT2D eigenvalue weighted by Crippen LogP contribution is 2.67. The molecule has 9 atom stereocenters. The number of hydrogen-bond acceptors (Lipinski definition) is 6. The van der Waals surface area contributed by atoms with Gasteiger partial charge in [0.1, 0.15) is 6.10 Å². The largest absolute Gasteiger partial charge is 0.446 e. The molecule has 3 saturated carbocycles. The molecule has 7 nitrogen and oxygen atoms in total. The fraction of sp³-hybridized carbons (Fsp3) is 0.907. The van der Waals surface area contributed by atoms with Gasteiger partial charge in [-0.05, 0) is 132 Å². The Morgan fingerprint density at radius 1 is 0.922 bits per heavy atom. The van der Waals surface area contributed by atoms with Gasteiger partial charge in [0.2, 0.25) is 0 Å². The number of nitriles is 1. The van der Waals surface area contributed by atoms with Gasteiger partial charge in [-0.3, -0.25) is 0 Å². The van der Waals surface area contributed by atoms with Crippen molar-refractivity contribution in [3.63, 3.8) is 0 Å². The number of hydrogen-bond donors (Lipinski definition) is 1. The van der Waals surface area contributed by atoms with Crippen LogP contribution < -0.4 is 5.32 Å². The third kappa shape index (κ3) is 11.0. The summed E-state index contributed by atoms with van der Waals surface area (Å²) in [5.74, 6) is 5.07. The minimum atomic E-state index is -1.18. The molecule has 0 aromatic heterocycles. The molecule has 4 aliphatic carbocycles. The van der Waals surface area contributed by atoms with Crippen molar-refractivity contribution in [1.82, 2.24) is 9.99 Å². The molecule has 4 rings (SSSR count). The number of ether oxygens (including phenoxy) is 1. The summed E-state index contributed by atoms with van der Waals surface area (Å²) in [6.45, 7) is 22.9.